The number of ether oxygens (including phenoxy) is 2. The summed E-state index contributed by atoms with van der Waals surface area (Å²) < 4.78 is 11.8. The topological polar surface area (TPSA) is 41.9 Å². The van der Waals surface area contributed by atoms with Crippen molar-refractivity contribution in [3.8, 4) is 5.75 Å². The molecule has 0 bridgehead atoms. The maximum absolute atomic E-state index is 10.1. The van der Waals surface area contributed by atoms with Crippen molar-refractivity contribution in [3.63, 3.8) is 0 Å². The Morgan fingerprint density at radius 3 is 2.27 bits per heavy atom. The number of aromatic hydroxyl groups is 1. The zero-order chi connectivity index (χ0) is 22.3. The molecule has 0 radical (unpaired) electrons. The van der Waals surface area contributed by atoms with E-state index in [2.05, 4.69) is 65.6 Å². The summed E-state index contributed by atoms with van der Waals surface area (Å²) in [5.41, 5.74) is 6.62. The molecule has 4 heteroatoms. The van der Waals surface area contributed by atoms with Crippen molar-refractivity contribution in [2.24, 2.45) is 0 Å². The Kier molecular flexibility index (Phi) is 5.35. The van der Waals surface area contributed by atoms with Crippen molar-refractivity contribution >= 4 is 5.69 Å². The molecule has 3 aromatic carbocycles. The highest BCUT2D eigenvalue weighted by Gasteiger charge is 2.40. The lowest BCUT2D eigenvalue weighted by atomic mass is 9.69. The van der Waals surface area contributed by atoms with Crippen LogP contribution in [0, 0.1) is 0 Å². The van der Waals surface area contributed by atoms with Crippen LogP contribution < -0.4 is 4.90 Å². The Hall–Kier alpha value is -2.82. The minimum Gasteiger partial charge on any atom is -0.508 e. The first-order valence-electron chi connectivity index (χ1n) is 12.2. The molecular weight excluding hydrogens is 410 g/mol. The van der Waals surface area contributed by atoms with Gasteiger partial charge in [0, 0.05) is 37.5 Å². The lowest BCUT2D eigenvalue weighted by Crippen LogP contribution is -2.45. The molecule has 0 aromatic heterocycles. The van der Waals surface area contributed by atoms with Gasteiger partial charge in [-0.3, -0.25) is 0 Å². The van der Waals surface area contributed by atoms with Crippen LogP contribution >= 0.6 is 0 Å². The molecular formula is C29H31NO3. The van der Waals surface area contributed by atoms with E-state index in [4.69, 9.17) is 9.47 Å². The molecule has 170 valence electrons. The normalized spacial score (nSPS) is 24.1. The number of phenols is 1. The second kappa shape index (κ2) is 8.51. The molecule has 4 nitrogen and oxygen atoms in total. The molecule has 6 rings (SSSR count). The zero-order valence-corrected chi connectivity index (χ0v) is 19.0. The van der Waals surface area contributed by atoms with E-state index in [1.54, 1.807) is 0 Å². The van der Waals surface area contributed by atoms with Crippen molar-refractivity contribution in [1.82, 2.24) is 0 Å². The van der Waals surface area contributed by atoms with Gasteiger partial charge in [-0.05, 0) is 65.3 Å². The largest absolute Gasteiger partial charge is 0.508 e. The van der Waals surface area contributed by atoms with Crippen LogP contribution in [0.5, 0.6) is 5.75 Å². The van der Waals surface area contributed by atoms with Gasteiger partial charge < -0.3 is 19.5 Å². The van der Waals surface area contributed by atoms with Crippen LogP contribution in [0.1, 0.15) is 53.4 Å². The second-order valence-electron chi connectivity index (χ2n) is 9.60. The highest BCUT2D eigenvalue weighted by Crippen LogP contribution is 2.47. The van der Waals surface area contributed by atoms with E-state index in [-0.39, 0.29) is 11.7 Å². The van der Waals surface area contributed by atoms with Gasteiger partial charge in [0.05, 0.1) is 13.2 Å². The average molecular weight is 442 g/mol. The highest BCUT2D eigenvalue weighted by atomic mass is 16.7. The molecule has 2 atom stereocenters. The molecule has 1 N–H and O–H groups in total. The molecule has 2 saturated heterocycles. The zero-order valence-electron chi connectivity index (χ0n) is 19.0. The molecule has 1 aliphatic carbocycles. The van der Waals surface area contributed by atoms with Crippen molar-refractivity contribution in [1.29, 1.82) is 0 Å². The Labute approximate surface area is 195 Å². The van der Waals surface area contributed by atoms with Crippen molar-refractivity contribution in [2.75, 3.05) is 31.2 Å². The number of anilines is 1. The van der Waals surface area contributed by atoms with Gasteiger partial charge in [-0.15, -0.1) is 0 Å². The summed E-state index contributed by atoms with van der Waals surface area (Å²) >= 11 is 0. The Morgan fingerprint density at radius 2 is 1.55 bits per heavy atom. The number of piperidine rings is 1. The van der Waals surface area contributed by atoms with Gasteiger partial charge in [-0.1, -0.05) is 48.5 Å². The molecule has 2 aliphatic heterocycles. The fraction of sp³-hybridized carbons (Fsp3) is 0.379. The second-order valence-corrected chi connectivity index (χ2v) is 9.60. The molecule has 2 fully saturated rings. The minimum atomic E-state index is -0.337. The third kappa shape index (κ3) is 3.92. The number of phenolic OH excluding ortho intramolecular Hbond substituents is 1. The number of hydrogen-bond donors (Lipinski definition) is 1. The van der Waals surface area contributed by atoms with E-state index in [1.807, 2.05) is 12.1 Å². The van der Waals surface area contributed by atoms with Crippen LogP contribution in [0.15, 0.2) is 72.8 Å². The SMILES string of the molecule is Oc1ccc2c(c1)CC[C@H](c1ccccc1)[C@@H]2c1ccc(N2CCC3(CC2)OCCO3)cc1. The van der Waals surface area contributed by atoms with E-state index in [1.165, 1.54) is 27.9 Å². The first-order valence-corrected chi connectivity index (χ1v) is 12.2. The summed E-state index contributed by atoms with van der Waals surface area (Å²) in [6, 6.07) is 26.0. The summed E-state index contributed by atoms with van der Waals surface area (Å²) in [7, 11) is 0. The van der Waals surface area contributed by atoms with Crippen molar-refractivity contribution in [3.05, 3.63) is 95.1 Å². The lowest BCUT2D eigenvalue weighted by Gasteiger charge is -2.39. The number of nitrogens with zero attached hydrogens (tertiary/aromatic N) is 1. The molecule has 0 saturated carbocycles. The highest BCUT2D eigenvalue weighted by molar-refractivity contribution is 5.52. The Morgan fingerprint density at radius 1 is 0.818 bits per heavy atom. The summed E-state index contributed by atoms with van der Waals surface area (Å²) in [5, 5.41) is 10.1. The standard InChI is InChI=1S/C29H31NO3/c31-25-11-13-27-23(20-25)8-12-26(21-4-2-1-3-5-21)28(27)22-6-9-24(10-7-22)30-16-14-29(15-17-30)32-18-19-33-29/h1-7,9-11,13,20,26,28,31H,8,12,14-19H2/t26-,28+/m1/s1. The van der Waals surface area contributed by atoms with E-state index in [0.717, 1.165) is 52.0 Å². The van der Waals surface area contributed by atoms with Gasteiger partial charge in [0.1, 0.15) is 5.75 Å². The number of rotatable bonds is 3. The van der Waals surface area contributed by atoms with E-state index in [0.29, 0.717) is 11.7 Å². The first kappa shape index (κ1) is 20.8. The molecule has 33 heavy (non-hydrogen) atoms. The third-order valence-corrected chi connectivity index (χ3v) is 7.77. The summed E-state index contributed by atoms with van der Waals surface area (Å²) in [6.45, 7) is 3.35. The molecule has 3 aliphatic rings. The predicted molar refractivity (Wildman–Crippen MR) is 130 cm³/mol. The van der Waals surface area contributed by atoms with Crippen LogP contribution in [-0.2, 0) is 15.9 Å². The van der Waals surface area contributed by atoms with Crippen LogP contribution in [0.25, 0.3) is 0 Å². The lowest BCUT2D eigenvalue weighted by molar-refractivity contribution is -0.169. The maximum Gasteiger partial charge on any atom is 0.171 e. The summed E-state index contributed by atoms with van der Waals surface area (Å²) in [5.74, 6) is 0.742. The first-order chi connectivity index (χ1) is 16.2. The number of hydrogen-bond acceptors (Lipinski definition) is 4. The van der Waals surface area contributed by atoms with Gasteiger partial charge in [-0.2, -0.15) is 0 Å². The minimum absolute atomic E-state index is 0.288. The predicted octanol–water partition coefficient (Wildman–Crippen LogP) is 5.60. The van der Waals surface area contributed by atoms with Crippen LogP contribution in [0.3, 0.4) is 0 Å². The summed E-state index contributed by atoms with van der Waals surface area (Å²) in [6.07, 6.45) is 3.92. The molecule has 1 spiro atoms. The molecule has 0 amide bonds. The van der Waals surface area contributed by atoms with Crippen LogP contribution in [-0.4, -0.2) is 37.2 Å². The number of benzene rings is 3. The fourth-order valence-electron chi connectivity index (χ4n) is 6.06. The van der Waals surface area contributed by atoms with Gasteiger partial charge in [0.25, 0.3) is 0 Å². The monoisotopic (exact) mass is 441 g/mol. The van der Waals surface area contributed by atoms with Gasteiger partial charge in [-0.25, -0.2) is 0 Å². The van der Waals surface area contributed by atoms with Crippen molar-refractivity contribution in [2.45, 2.75) is 43.3 Å². The van der Waals surface area contributed by atoms with Crippen LogP contribution in [0.4, 0.5) is 5.69 Å². The van der Waals surface area contributed by atoms with Crippen LogP contribution in [0.2, 0.25) is 0 Å². The number of fused-ring (bicyclic) bond motifs is 1. The van der Waals surface area contributed by atoms with Gasteiger partial charge >= 0.3 is 0 Å². The molecule has 0 unspecified atom stereocenters. The smallest absolute Gasteiger partial charge is 0.171 e. The van der Waals surface area contributed by atoms with E-state index < -0.39 is 0 Å². The fourth-order valence-corrected chi connectivity index (χ4v) is 6.06. The Balaban J connectivity index is 1.29. The van der Waals surface area contributed by atoms with E-state index in [9.17, 15) is 5.11 Å². The average Bonchev–Trinajstić information content (AvgIpc) is 3.32. The van der Waals surface area contributed by atoms with Gasteiger partial charge in [0.2, 0.25) is 0 Å². The maximum atomic E-state index is 10.1. The van der Waals surface area contributed by atoms with E-state index >= 15 is 0 Å². The number of aryl methyl sites for hydroxylation is 1. The quantitative estimate of drug-likeness (QED) is 0.575. The molecule has 2 heterocycles. The van der Waals surface area contributed by atoms with Gasteiger partial charge in [0.15, 0.2) is 5.79 Å². The third-order valence-electron chi connectivity index (χ3n) is 7.77. The van der Waals surface area contributed by atoms with Crippen molar-refractivity contribution < 1.29 is 14.6 Å². The molecule has 3 aromatic rings. The summed E-state index contributed by atoms with van der Waals surface area (Å²) in [4.78, 5) is 2.45. The Bertz CT molecular complexity index is 1100.